The summed E-state index contributed by atoms with van der Waals surface area (Å²) in [5, 5.41) is 1.28. The molecule has 1 heterocycles. The Kier molecular flexibility index (Phi) is 5.76. The Bertz CT molecular complexity index is 1290. The molecule has 0 radical (unpaired) electrons. The van der Waals surface area contributed by atoms with Crippen molar-refractivity contribution in [2.45, 2.75) is 19.8 Å². The van der Waals surface area contributed by atoms with Crippen LogP contribution in [0.5, 0.6) is 0 Å². The van der Waals surface area contributed by atoms with Gasteiger partial charge in [-0.15, -0.1) is 0 Å². The van der Waals surface area contributed by atoms with Gasteiger partial charge >= 0.3 is 0 Å². The Morgan fingerprint density at radius 2 is 1.53 bits per heavy atom. The van der Waals surface area contributed by atoms with Crippen LogP contribution < -0.4 is 5.56 Å². The number of fused-ring (bicyclic) bond motifs is 1. The van der Waals surface area contributed by atoms with Gasteiger partial charge in [-0.3, -0.25) is 9.36 Å². The van der Waals surface area contributed by atoms with E-state index in [9.17, 15) is 4.79 Å². The molecule has 5 heteroatoms. The summed E-state index contributed by atoms with van der Waals surface area (Å²) in [5.74, 6) is 0.930. The molecule has 0 saturated heterocycles. The van der Waals surface area contributed by atoms with E-state index in [-0.39, 0.29) is 5.56 Å². The summed E-state index contributed by atoms with van der Waals surface area (Å²) in [6, 6.07) is 20.7. The van der Waals surface area contributed by atoms with E-state index in [0.29, 0.717) is 38.4 Å². The van der Waals surface area contributed by atoms with Crippen LogP contribution in [0.2, 0.25) is 10.0 Å². The molecule has 3 aromatic carbocycles. The lowest BCUT2D eigenvalue weighted by molar-refractivity contribution is 0.866. The van der Waals surface area contributed by atoms with Crippen molar-refractivity contribution >= 4 is 46.3 Å². The minimum Gasteiger partial charge on any atom is -0.268 e. The predicted molar refractivity (Wildman–Crippen MR) is 127 cm³/mol. The number of benzene rings is 3. The molecule has 3 nitrogen and oxygen atoms in total. The van der Waals surface area contributed by atoms with Gasteiger partial charge in [-0.25, -0.2) is 4.98 Å². The molecule has 0 fully saturated rings. The highest BCUT2D eigenvalue weighted by molar-refractivity contribution is 6.37. The van der Waals surface area contributed by atoms with Crippen molar-refractivity contribution in [3.63, 3.8) is 0 Å². The van der Waals surface area contributed by atoms with Gasteiger partial charge in [0.15, 0.2) is 0 Å². The fourth-order valence-electron chi connectivity index (χ4n) is 3.34. The third kappa shape index (κ3) is 3.91. The number of hydrogen-bond acceptors (Lipinski definition) is 2. The van der Waals surface area contributed by atoms with E-state index in [1.165, 1.54) is 10.1 Å². The highest BCUT2D eigenvalue weighted by atomic mass is 35.5. The van der Waals surface area contributed by atoms with Gasteiger partial charge in [0, 0.05) is 0 Å². The number of para-hydroxylation sites is 2. The Morgan fingerprint density at radius 1 is 0.867 bits per heavy atom. The van der Waals surface area contributed by atoms with Crippen LogP contribution in [0.15, 0.2) is 71.5 Å². The van der Waals surface area contributed by atoms with E-state index in [0.717, 1.165) is 5.56 Å². The van der Waals surface area contributed by atoms with Crippen LogP contribution in [0.1, 0.15) is 36.7 Å². The molecule has 0 spiro atoms. The number of nitrogens with zero attached hydrogens (tertiary/aromatic N) is 2. The van der Waals surface area contributed by atoms with Crippen molar-refractivity contribution in [2.24, 2.45) is 0 Å². The van der Waals surface area contributed by atoms with Gasteiger partial charge < -0.3 is 0 Å². The van der Waals surface area contributed by atoms with Crippen LogP contribution in [0.25, 0.3) is 28.7 Å². The summed E-state index contributed by atoms with van der Waals surface area (Å²) in [4.78, 5) is 18.1. The van der Waals surface area contributed by atoms with E-state index in [1.807, 2.05) is 30.4 Å². The number of hydrogen-bond donors (Lipinski definition) is 0. The Labute approximate surface area is 185 Å². The molecule has 1 aromatic heterocycles. The molecule has 30 heavy (non-hydrogen) atoms. The first kappa shape index (κ1) is 20.4. The monoisotopic (exact) mass is 434 g/mol. The maximum Gasteiger partial charge on any atom is 0.266 e. The van der Waals surface area contributed by atoms with E-state index >= 15 is 0 Å². The summed E-state index contributed by atoms with van der Waals surface area (Å²) in [6.45, 7) is 4.33. The van der Waals surface area contributed by atoms with Gasteiger partial charge in [0.1, 0.15) is 5.82 Å². The van der Waals surface area contributed by atoms with Gasteiger partial charge in [-0.2, -0.15) is 0 Å². The highest BCUT2D eigenvalue weighted by Crippen LogP contribution is 2.29. The van der Waals surface area contributed by atoms with Crippen molar-refractivity contribution in [3.05, 3.63) is 104 Å². The van der Waals surface area contributed by atoms with Gasteiger partial charge in [-0.1, -0.05) is 85.6 Å². The van der Waals surface area contributed by atoms with Gasteiger partial charge in [0.25, 0.3) is 5.56 Å². The zero-order valence-electron chi connectivity index (χ0n) is 16.6. The van der Waals surface area contributed by atoms with Crippen molar-refractivity contribution in [3.8, 4) is 5.69 Å². The lowest BCUT2D eigenvalue weighted by Gasteiger charge is -2.14. The normalized spacial score (nSPS) is 11.6. The molecule has 0 amide bonds. The van der Waals surface area contributed by atoms with Crippen LogP contribution in [0.4, 0.5) is 0 Å². The molecule has 0 saturated carbocycles. The topological polar surface area (TPSA) is 34.9 Å². The molecule has 0 bridgehead atoms. The van der Waals surface area contributed by atoms with E-state index in [2.05, 4.69) is 38.1 Å². The van der Waals surface area contributed by atoms with Crippen LogP contribution in [0, 0.1) is 0 Å². The standard InChI is InChI=1S/C25H20Cl2N2O/c1-16(2)18-13-10-17(11-14-18)12-15-23-28-22-9-4-3-6-19(22)25(30)29(23)24-20(26)7-5-8-21(24)27/h3-16H,1-2H3. The summed E-state index contributed by atoms with van der Waals surface area (Å²) < 4.78 is 1.48. The molecule has 4 rings (SSSR count). The maximum absolute atomic E-state index is 13.4. The summed E-state index contributed by atoms with van der Waals surface area (Å²) in [6.07, 6.45) is 3.75. The van der Waals surface area contributed by atoms with E-state index < -0.39 is 0 Å². The minimum absolute atomic E-state index is 0.217. The smallest absolute Gasteiger partial charge is 0.266 e. The zero-order valence-corrected chi connectivity index (χ0v) is 18.2. The maximum atomic E-state index is 13.4. The molecule has 0 unspecified atom stereocenters. The SMILES string of the molecule is CC(C)c1ccc(C=Cc2nc3ccccc3c(=O)n2-c2c(Cl)cccc2Cl)cc1. The van der Waals surface area contributed by atoms with E-state index in [1.54, 1.807) is 24.3 Å². The molecule has 4 aromatic rings. The third-order valence-electron chi connectivity index (χ3n) is 4.99. The average Bonchev–Trinajstić information content (AvgIpc) is 2.74. The number of aromatic nitrogens is 2. The Morgan fingerprint density at radius 3 is 2.20 bits per heavy atom. The first-order chi connectivity index (χ1) is 14.5. The fraction of sp³-hybridized carbons (Fsp3) is 0.120. The third-order valence-corrected chi connectivity index (χ3v) is 5.60. The molecular formula is C25H20Cl2N2O. The van der Waals surface area contributed by atoms with Gasteiger partial charge in [0.2, 0.25) is 0 Å². The van der Waals surface area contributed by atoms with E-state index in [4.69, 9.17) is 28.2 Å². The van der Waals surface area contributed by atoms with Crippen molar-refractivity contribution in [1.82, 2.24) is 9.55 Å². The first-order valence-electron chi connectivity index (χ1n) is 9.70. The average molecular weight is 435 g/mol. The second kappa shape index (κ2) is 8.47. The molecule has 0 aliphatic rings. The second-order valence-corrected chi connectivity index (χ2v) is 8.17. The summed E-state index contributed by atoms with van der Waals surface area (Å²) in [5.41, 5.74) is 3.12. The lowest BCUT2D eigenvalue weighted by Crippen LogP contribution is -2.23. The fourth-order valence-corrected chi connectivity index (χ4v) is 3.91. The summed E-state index contributed by atoms with van der Waals surface area (Å²) >= 11 is 12.9. The molecule has 0 aliphatic heterocycles. The molecule has 150 valence electrons. The summed E-state index contributed by atoms with van der Waals surface area (Å²) in [7, 11) is 0. The Balaban J connectivity index is 1.91. The number of halogens is 2. The highest BCUT2D eigenvalue weighted by Gasteiger charge is 2.16. The van der Waals surface area contributed by atoms with Crippen molar-refractivity contribution in [1.29, 1.82) is 0 Å². The van der Waals surface area contributed by atoms with Gasteiger partial charge in [0.05, 0.1) is 26.6 Å². The zero-order chi connectivity index (χ0) is 21.3. The van der Waals surface area contributed by atoms with Crippen LogP contribution in [-0.4, -0.2) is 9.55 Å². The van der Waals surface area contributed by atoms with Crippen molar-refractivity contribution in [2.75, 3.05) is 0 Å². The molecule has 0 aliphatic carbocycles. The quantitative estimate of drug-likeness (QED) is 0.346. The molecular weight excluding hydrogens is 415 g/mol. The van der Waals surface area contributed by atoms with Crippen LogP contribution in [0.3, 0.4) is 0 Å². The number of rotatable bonds is 4. The Hall–Kier alpha value is -2.88. The van der Waals surface area contributed by atoms with Crippen LogP contribution in [-0.2, 0) is 0 Å². The van der Waals surface area contributed by atoms with Crippen molar-refractivity contribution < 1.29 is 0 Å². The van der Waals surface area contributed by atoms with Gasteiger partial charge in [-0.05, 0) is 47.4 Å². The van der Waals surface area contributed by atoms with Crippen LogP contribution >= 0.6 is 23.2 Å². The molecule has 0 N–H and O–H groups in total. The second-order valence-electron chi connectivity index (χ2n) is 7.35. The molecule has 0 atom stereocenters. The largest absolute Gasteiger partial charge is 0.268 e. The lowest BCUT2D eigenvalue weighted by atomic mass is 10.0. The minimum atomic E-state index is -0.217. The predicted octanol–water partition coefficient (Wildman–Crippen LogP) is 6.99. The first-order valence-corrected chi connectivity index (χ1v) is 10.5.